The fourth-order valence-corrected chi connectivity index (χ4v) is 10.4. The minimum atomic E-state index is -2.74. The van der Waals surface area contributed by atoms with Gasteiger partial charge in [-0.3, -0.25) is 4.79 Å². The number of carbonyl (C=O) groups is 1. The van der Waals surface area contributed by atoms with Crippen LogP contribution < -0.4 is 20.6 Å². The van der Waals surface area contributed by atoms with Crippen molar-refractivity contribution in [3.63, 3.8) is 0 Å². The number of carbonyl (C=O) groups excluding carboxylic acids is 1. The summed E-state index contributed by atoms with van der Waals surface area (Å²) in [5, 5.41) is 15.8. The summed E-state index contributed by atoms with van der Waals surface area (Å²) in [6.45, 7) is 11.3. The first-order valence-electron chi connectivity index (χ1n) is 13.1. The number of nitrogens with zero attached hydrogens (tertiary/aromatic N) is 1. The molecule has 0 fully saturated rings. The number of hydrogen-bond acceptors (Lipinski definition) is 4. The Morgan fingerprint density at radius 1 is 1.00 bits per heavy atom. The maximum Gasteiger partial charge on any atom is 0.261 e. The van der Waals surface area contributed by atoms with E-state index in [-0.39, 0.29) is 34.7 Å². The summed E-state index contributed by atoms with van der Waals surface area (Å²) in [7, 11) is -0.807. The Hall–Kier alpha value is -3.09. The molecule has 0 aromatic heterocycles. The van der Waals surface area contributed by atoms with Crippen LogP contribution in [0.25, 0.3) is 0 Å². The van der Waals surface area contributed by atoms with E-state index in [0.29, 0.717) is 13.0 Å². The number of likely N-dealkylation sites (N-methyl/N-ethyl adjacent to an activating group) is 1. The third-order valence-electron chi connectivity index (χ3n) is 7.50. The second kappa shape index (κ2) is 10.7. The van der Waals surface area contributed by atoms with Gasteiger partial charge in [-0.25, -0.2) is 0 Å². The van der Waals surface area contributed by atoms with Gasteiger partial charge in [0.05, 0.1) is 12.6 Å². The van der Waals surface area contributed by atoms with Gasteiger partial charge in [-0.05, 0) is 39.4 Å². The van der Waals surface area contributed by atoms with E-state index < -0.39 is 8.32 Å². The summed E-state index contributed by atoms with van der Waals surface area (Å²) >= 11 is 0. The lowest BCUT2D eigenvalue weighted by atomic mass is 9.95. The van der Waals surface area contributed by atoms with Crippen molar-refractivity contribution in [1.82, 2.24) is 5.32 Å². The highest BCUT2D eigenvalue weighted by Gasteiger charge is 2.50. The first kappa shape index (κ1) is 27.0. The van der Waals surface area contributed by atoms with Gasteiger partial charge < -0.3 is 19.7 Å². The molecule has 3 aromatic carbocycles. The van der Waals surface area contributed by atoms with E-state index in [9.17, 15) is 9.90 Å². The molecule has 1 amide bonds. The van der Waals surface area contributed by atoms with Crippen molar-refractivity contribution < 1.29 is 14.3 Å². The second-order valence-corrected chi connectivity index (χ2v) is 15.8. The van der Waals surface area contributed by atoms with E-state index in [1.807, 2.05) is 30.1 Å². The Morgan fingerprint density at radius 3 is 2.08 bits per heavy atom. The highest BCUT2D eigenvalue weighted by molar-refractivity contribution is 6.99. The minimum Gasteiger partial charge on any atom is -0.508 e. The van der Waals surface area contributed by atoms with Crippen LogP contribution in [0.15, 0.2) is 78.9 Å². The number of phenolic OH excluding ortho intramolecular Hbond substituents is 1. The molecule has 0 aliphatic carbocycles. The predicted molar refractivity (Wildman–Crippen MR) is 154 cm³/mol. The van der Waals surface area contributed by atoms with Crippen LogP contribution in [0.3, 0.4) is 0 Å². The summed E-state index contributed by atoms with van der Waals surface area (Å²) in [5.41, 5.74) is 1.98. The maximum absolute atomic E-state index is 13.5. The van der Waals surface area contributed by atoms with Crippen molar-refractivity contribution in [2.75, 3.05) is 18.6 Å². The van der Waals surface area contributed by atoms with Crippen LogP contribution >= 0.6 is 0 Å². The molecule has 0 saturated carbocycles. The summed E-state index contributed by atoms with van der Waals surface area (Å²) in [6.07, 6.45) is 0.620. The zero-order valence-electron chi connectivity index (χ0n) is 22.9. The average molecular weight is 517 g/mol. The lowest BCUT2D eigenvalue weighted by Crippen LogP contribution is -2.67. The van der Waals surface area contributed by atoms with Crippen LogP contribution in [0.4, 0.5) is 5.69 Å². The van der Waals surface area contributed by atoms with Gasteiger partial charge in [0, 0.05) is 18.8 Å². The first-order valence-corrected chi connectivity index (χ1v) is 15.1. The van der Waals surface area contributed by atoms with Gasteiger partial charge in [0.25, 0.3) is 8.32 Å². The molecule has 0 saturated heterocycles. The average Bonchev–Trinajstić information content (AvgIpc) is 2.85. The summed E-state index contributed by atoms with van der Waals surface area (Å²) < 4.78 is 7.17. The number of rotatable bonds is 6. The van der Waals surface area contributed by atoms with Gasteiger partial charge in [-0.2, -0.15) is 0 Å². The van der Waals surface area contributed by atoms with E-state index in [1.165, 1.54) is 10.4 Å². The highest BCUT2D eigenvalue weighted by Crippen LogP contribution is 2.37. The molecule has 0 spiro atoms. The van der Waals surface area contributed by atoms with Crippen molar-refractivity contribution in [2.24, 2.45) is 5.92 Å². The molecule has 3 aromatic rings. The fourth-order valence-electron chi connectivity index (χ4n) is 5.82. The largest absolute Gasteiger partial charge is 0.508 e. The summed E-state index contributed by atoms with van der Waals surface area (Å²) in [6, 6.07) is 26.0. The topological polar surface area (TPSA) is 61.8 Å². The number of aromatic hydroxyl groups is 1. The van der Waals surface area contributed by atoms with Crippen LogP contribution in [-0.4, -0.2) is 45.1 Å². The summed E-state index contributed by atoms with van der Waals surface area (Å²) in [4.78, 5) is 15.5. The van der Waals surface area contributed by atoms with Gasteiger partial charge in [-0.1, -0.05) is 101 Å². The Balaban J connectivity index is 1.76. The maximum atomic E-state index is 13.5. The molecule has 1 aliphatic rings. The predicted octanol–water partition coefficient (Wildman–Crippen LogP) is 4.47. The molecule has 2 N–H and O–H groups in total. The quantitative estimate of drug-likeness (QED) is 0.475. The standard InChI is InChI=1S/C31H40N2O3Si/c1-22(2)29-30(35)32-24(19-23-17-18-25(34)20-28(23)33(29)6)21-36-37(31(3,4)5,26-13-9-7-10-14-26)27-15-11-8-12-16-27/h7-18,20,22,24,29,34H,19,21H2,1-6H3,(H,32,35)/t24-,29-/m0/s1. The van der Waals surface area contributed by atoms with Crippen LogP contribution in [0, 0.1) is 5.92 Å². The SMILES string of the molecule is CC(C)[C@H]1C(=O)N[C@H](CO[Si](c2ccccc2)(c2ccccc2)C(C)(C)C)Cc2ccc(O)cc2N1C. The molecule has 0 bridgehead atoms. The number of fused-ring (bicyclic) bond motifs is 1. The van der Waals surface area contributed by atoms with E-state index in [1.54, 1.807) is 12.1 Å². The Kier molecular flexibility index (Phi) is 7.81. The van der Waals surface area contributed by atoms with Crippen molar-refractivity contribution in [2.45, 2.75) is 58.2 Å². The molecular weight excluding hydrogens is 476 g/mol. The fraction of sp³-hybridized carbons (Fsp3) is 0.387. The first-order chi connectivity index (χ1) is 17.5. The molecule has 1 heterocycles. The zero-order chi connectivity index (χ0) is 26.8. The van der Waals surface area contributed by atoms with Crippen molar-refractivity contribution in [1.29, 1.82) is 0 Å². The van der Waals surface area contributed by atoms with Gasteiger partial charge in [-0.15, -0.1) is 0 Å². The lowest BCUT2D eigenvalue weighted by Gasteiger charge is -2.44. The van der Waals surface area contributed by atoms with E-state index in [2.05, 4.69) is 88.5 Å². The van der Waals surface area contributed by atoms with E-state index in [0.717, 1.165) is 11.3 Å². The molecule has 0 unspecified atom stereocenters. The zero-order valence-corrected chi connectivity index (χ0v) is 23.9. The highest BCUT2D eigenvalue weighted by atomic mass is 28.4. The third kappa shape index (κ3) is 5.31. The van der Waals surface area contributed by atoms with E-state index >= 15 is 0 Å². The molecule has 5 nitrogen and oxygen atoms in total. The third-order valence-corrected chi connectivity index (χ3v) is 12.5. The monoisotopic (exact) mass is 516 g/mol. The van der Waals surface area contributed by atoms with Gasteiger partial charge in [0.15, 0.2) is 0 Å². The van der Waals surface area contributed by atoms with Gasteiger partial charge in [0.1, 0.15) is 11.8 Å². The molecule has 4 rings (SSSR count). The second-order valence-electron chi connectivity index (χ2n) is 11.5. The van der Waals surface area contributed by atoms with Crippen LogP contribution in [0.2, 0.25) is 5.04 Å². The number of nitrogens with one attached hydrogen (secondary N) is 1. The van der Waals surface area contributed by atoms with Gasteiger partial charge >= 0.3 is 0 Å². The summed E-state index contributed by atoms with van der Waals surface area (Å²) in [5.74, 6) is 0.285. The number of phenols is 1. The molecule has 2 atom stereocenters. The Morgan fingerprint density at radius 2 is 1.57 bits per heavy atom. The molecule has 1 aliphatic heterocycles. The molecular formula is C31H40N2O3Si. The molecule has 37 heavy (non-hydrogen) atoms. The van der Waals surface area contributed by atoms with E-state index in [4.69, 9.17) is 4.43 Å². The van der Waals surface area contributed by atoms with Crippen LogP contribution in [0.1, 0.15) is 40.2 Å². The molecule has 196 valence electrons. The van der Waals surface area contributed by atoms with Crippen LogP contribution in [0.5, 0.6) is 5.75 Å². The smallest absolute Gasteiger partial charge is 0.261 e. The van der Waals surface area contributed by atoms with Gasteiger partial charge in [0.2, 0.25) is 5.91 Å². The Labute approximate surface area is 222 Å². The van der Waals surface area contributed by atoms with Crippen molar-refractivity contribution >= 4 is 30.3 Å². The van der Waals surface area contributed by atoms with Crippen molar-refractivity contribution in [3.8, 4) is 5.75 Å². The lowest BCUT2D eigenvalue weighted by molar-refractivity contribution is -0.124. The molecule has 6 heteroatoms. The minimum absolute atomic E-state index is 0.0115. The van der Waals surface area contributed by atoms with Crippen LogP contribution in [-0.2, 0) is 15.6 Å². The number of amides is 1. The molecule has 0 radical (unpaired) electrons. The van der Waals surface area contributed by atoms with Crippen molar-refractivity contribution in [3.05, 3.63) is 84.4 Å². The number of hydrogen-bond donors (Lipinski definition) is 2. The number of benzene rings is 3. The normalized spacial score (nSPS) is 18.7. The number of anilines is 1. The Bertz CT molecular complexity index is 1170.